The van der Waals surface area contributed by atoms with E-state index in [1.54, 1.807) is 0 Å². The molecule has 0 aliphatic heterocycles. The lowest BCUT2D eigenvalue weighted by Gasteiger charge is -2.18. The van der Waals surface area contributed by atoms with Gasteiger partial charge >= 0.3 is 0 Å². The summed E-state index contributed by atoms with van der Waals surface area (Å²) in [5, 5.41) is 13.0. The standard InChI is InChI=1S/C24H26BrFN4O2/c1-3-18-9-16(12-30(18)11-15-5-4-6-17(25)8-15)23(32)19-10-27-13-28-24(19)29-20-7-14(2)22(31)21(20)26/h4-6,8-10,12-14,20-22,31H,3,7,11H2,1-2H3,(H,27,28,29)/t14-,20-,21-,22-/m1/s1. The molecule has 3 aromatic rings. The second-order valence-corrected chi connectivity index (χ2v) is 9.26. The molecule has 0 spiro atoms. The molecule has 1 aliphatic rings. The zero-order valence-corrected chi connectivity index (χ0v) is 19.6. The van der Waals surface area contributed by atoms with Crippen LogP contribution < -0.4 is 5.32 Å². The Morgan fingerprint density at radius 2 is 2.19 bits per heavy atom. The Hall–Kier alpha value is -2.58. The number of nitrogens with one attached hydrogen (secondary N) is 1. The van der Waals surface area contributed by atoms with Crippen molar-refractivity contribution in [1.82, 2.24) is 14.5 Å². The summed E-state index contributed by atoms with van der Waals surface area (Å²) in [6.45, 7) is 4.51. The predicted octanol–water partition coefficient (Wildman–Crippen LogP) is 4.40. The number of rotatable bonds is 7. The fraction of sp³-hybridized carbons (Fsp3) is 0.375. The SMILES string of the molecule is CCc1cc(C(=O)c2cncnc2N[C@@H]2C[C@@H](C)[C@@H](O)[C@@H]2F)cn1Cc1cccc(Br)c1. The van der Waals surface area contributed by atoms with Crippen LogP contribution in [0.3, 0.4) is 0 Å². The molecule has 2 aromatic heterocycles. The van der Waals surface area contributed by atoms with Crippen LogP contribution in [-0.4, -0.2) is 43.7 Å². The molecule has 4 rings (SSSR count). The third-order valence-electron chi connectivity index (χ3n) is 6.05. The quantitative estimate of drug-likeness (QED) is 0.470. The van der Waals surface area contributed by atoms with Crippen LogP contribution in [0.5, 0.6) is 0 Å². The van der Waals surface area contributed by atoms with E-state index in [0.29, 0.717) is 18.5 Å². The Bertz CT molecular complexity index is 1120. The molecule has 32 heavy (non-hydrogen) atoms. The monoisotopic (exact) mass is 500 g/mol. The summed E-state index contributed by atoms with van der Waals surface area (Å²) >= 11 is 3.50. The molecule has 0 bridgehead atoms. The predicted molar refractivity (Wildman–Crippen MR) is 125 cm³/mol. The summed E-state index contributed by atoms with van der Waals surface area (Å²) < 4.78 is 17.5. The first kappa shape index (κ1) is 22.6. The van der Waals surface area contributed by atoms with E-state index in [9.17, 15) is 14.3 Å². The summed E-state index contributed by atoms with van der Waals surface area (Å²) in [5.41, 5.74) is 2.98. The highest BCUT2D eigenvalue weighted by atomic mass is 79.9. The number of aromatic nitrogens is 3. The average Bonchev–Trinajstić information content (AvgIpc) is 3.29. The van der Waals surface area contributed by atoms with E-state index >= 15 is 0 Å². The second kappa shape index (κ2) is 9.50. The molecule has 1 fully saturated rings. The van der Waals surface area contributed by atoms with Gasteiger partial charge in [0.05, 0.1) is 17.7 Å². The fourth-order valence-corrected chi connectivity index (χ4v) is 4.71. The first-order valence-electron chi connectivity index (χ1n) is 10.7. The van der Waals surface area contributed by atoms with Crippen molar-refractivity contribution in [2.45, 2.75) is 51.6 Å². The number of hydrogen-bond donors (Lipinski definition) is 2. The fourth-order valence-electron chi connectivity index (χ4n) is 4.26. The molecule has 8 heteroatoms. The van der Waals surface area contributed by atoms with Crippen molar-refractivity contribution in [1.29, 1.82) is 0 Å². The van der Waals surface area contributed by atoms with E-state index in [4.69, 9.17) is 0 Å². The van der Waals surface area contributed by atoms with Gasteiger partial charge in [0.1, 0.15) is 18.3 Å². The molecule has 1 aromatic carbocycles. The first-order chi connectivity index (χ1) is 15.4. The van der Waals surface area contributed by atoms with Gasteiger partial charge in [-0.3, -0.25) is 4.79 Å². The van der Waals surface area contributed by atoms with Gasteiger partial charge in [0.25, 0.3) is 0 Å². The third kappa shape index (κ3) is 4.61. The lowest BCUT2D eigenvalue weighted by Crippen LogP contribution is -2.32. The topological polar surface area (TPSA) is 80.0 Å². The number of hydrogen-bond acceptors (Lipinski definition) is 5. The number of aliphatic hydroxyl groups excluding tert-OH is 1. The van der Waals surface area contributed by atoms with Gasteiger partial charge < -0.3 is 15.0 Å². The molecule has 168 valence electrons. The Labute approximate surface area is 195 Å². The summed E-state index contributed by atoms with van der Waals surface area (Å²) in [5.74, 6) is -0.0998. The highest BCUT2D eigenvalue weighted by molar-refractivity contribution is 9.10. The zero-order chi connectivity index (χ0) is 22.8. The van der Waals surface area contributed by atoms with Gasteiger partial charge in [0.2, 0.25) is 0 Å². The lowest BCUT2D eigenvalue weighted by atomic mass is 10.1. The molecule has 0 unspecified atom stereocenters. The van der Waals surface area contributed by atoms with Crippen molar-refractivity contribution in [3.05, 3.63) is 75.9 Å². The van der Waals surface area contributed by atoms with E-state index in [1.165, 1.54) is 12.5 Å². The van der Waals surface area contributed by atoms with Crippen molar-refractivity contribution in [2.75, 3.05) is 5.32 Å². The summed E-state index contributed by atoms with van der Waals surface area (Å²) in [4.78, 5) is 21.6. The number of ketones is 1. The van der Waals surface area contributed by atoms with Crippen molar-refractivity contribution in [3.63, 3.8) is 0 Å². The van der Waals surface area contributed by atoms with E-state index in [2.05, 4.69) is 41.8 Å². The maximum Gasteiger partial charge on any atom is 0.199 e. The van der Waals surface area contributed by atoms with Crippen LogP contribution in [0.4, 0.5) is 10.2 Å². The van der Waals surface area contributed by atoms with Gasteiger partial charge in [-0.1, -0.05) is 41.9 Å². The Balaban J connectivity index is 1.59. The summed E-state index contributed by atoms with van der Waals surface area (Å²) in [6, 6.07) is 9.34. The Morgan fingerprint density at radius 3 is 2.88 bits per heavy atom. The van der Waals surface area contributed by atoms with Gasteiger partial charge in [-0.05, 0) is 42.5 Å². The normalized spacial score (nSPS) is 22.8. The maximum absolute atomic E-state index is 14.5. The van der Waals surface area contributed by atoms with Gasteiger partial charge in [-0.15, -0.1) is 0 Å². The number of aliphatic hydroxyl groups is 1. The lowest BCUT2D eigenvalue weighted by molar-refractivity contribution is 0.0725. The van der Waals surface area contributed by atoms with Gasteiger partial charge in [0.15, 0.2) is 5.78 Å². The molecular formula is C24H26BrFN4O2. The molecule has 0 radical (unpaired) electrons. The largest absolute Gasteiger partial charge is 0.390 e. The third-order valence-corrected chi connectivity index (χ3v) is 6.54. The molecular weight excluding hydrogens is 475 g/mol. The maximum atomic E-state index is 14.5. The Morgan fingerprint density at radius 1 is 1.38 bits per heavy atom. The number of carbonyl (C=O) groups is 1. The van der Waals surface area contributed by atoms with Crippen molar-refractivity contribution >= 4 is 27.5 Å². The van der Waals surface area contributed by atoms with Crippen LogP contribution in [0.25, 0.3) is 0 Å². The van der Waals surface area contributed by atoms with Crippen LogP contribution in [0.15, 0.2) is 53.5 Å². The molecule has 1 aliphatic carbocycles. The molecule has 2 heterocycles. The van der Waals surface area contributed by atoms with Crippen LogP contribution >= 0.6 is 15.9 Å². The molecule has 4 atom stereocenters. The van der Waals surface area contributed by atoms with Gasteiger partial charge in [-0.25, -0.2) is 14.4 Å². The first-order valence-corrected chi connectivity index (χ1v) is 11.5. The summed E-state index contributed by atoms with van der Waals surface area (Å²) in [7, 11) is 0. The number of nitrogens with zero attached hydrogens (tertiary/aromatic N) is 3. The van der Waals surface area contributed by atoms with Crippen LogP contribution in [-0.2, 0) is 13.0 Å². The van der Waals surface area contributed by atoms with Crippen LogP contribution in [0, 0.1) is 5.92 Å². The number of aryl methyl sites for hydroxylation is 1. The molecule has 0 amide bonds. The van der Waals surface area contributed by atoms with Gasteiger partial charge in [-0.2, -0.15) is 0 Å². The second-order valence-electron chi connectivity index (χ2n) is 8.34. The van der Waals surface area contributed by atoms with Gasteiger partial charge in [0, 0.05) is 34.7 Å². The van der Waals surface area contributed by atoms with E-state index < -0.39 is 18.3 Å². The van der Waals surface area contributed by atoms with E-state index in [1.807, 2.05) is 44.3 Å². The number of alkyl halides is 1. The van der Waals surface area contributed by atoms with Crippen LogP contribution in [0.1, 0.15) is 47.4 Å². The van der Waals surface area contributed by atoms with Crippen molar-refractivity contribution < 1.29 is 14.3 Å². The minimum atomic E-state index is -1.42. The molecule has 2 N–H and O–H groups in total. The minimum absolute atomic E-state index is 0.164. The minimum Gasteiger partial charge on any atom is -0.390 e. The number of benzene rings is 1. The van der Waals surface area contributed by atoms with E-state index in [-0.39, 0.29) is 23.1 Å². The molecule has 6 nitrogen and oxygen atoms in total. The smallest absolute Gasteiger partial charge is 0.199 e. The Kier molecular flexibility index (Phi) is 6.71. The highest BCUT2D eigenvalue weighted by Gasteiger charge is 2.41. The highest BCUT2D eigenvalue weighted by Crippen LogP contribution is 2.31. The number of halogens is 2. The number of carbonyl (C=O) groups excluding carboxylic acids is 1. The van der Waals surface area contributed by atoms with E-state index in [0.717, 1.165) is 22.2 Å². The van der Waals surface area contributed by atoms with Crippen molar-refractivity contribution in [2.24, 2.45) is 5.92 Å². The van der Waals surface area contributed by atoms with Crippen LogP contribution in [0.2, 0.25) is 0 Å². The zero-order valence-electron chi connectivity index (χ0n) is 18.0. The van der Waals surface area contributed by atoms with Crippen molar-refractivity contribution in [3.8, 4) is 0 Å². The average molecular weight is 501 g/mol. The molecule has 1 saturated carbocycles. The summed E-state index contributed by atoms with van der Waals surface area (Å²) in [6.07, 6.45) is 3.43. The number of anilines is 1. The molecule has 0 saturated heterocycles.